The van der Waals surface area contributed by atoms with E-state index in [-0.39, 0.29) is 24.5 Å². The predicted molar refractivity (Wildman–Crippen MR) is 74.6 cm³/mol. The number of aliphatic hydroxyl groups excluding tert-OH is 1. The van der Waals surface area contributed by atoms with Crippen LogP contribution in [-0.2, 0) is 11.3 Å². The second-order valence-electron chi connectivity index (χ2n) is 5.26. The Morgan fingerprint density at radius 3 is 3.00 bits per heavy atom. The first-order chi connectivity index (χ1) is 9.62. The van der Waals surface area contributed by atoms with Gasteiger partial charge in [-0.3, -0.25) is 9.69 Å². The Balaban J connectivity index is 2.00. The first kappa shape index (κ1) is 14.5. The number of likely N-dealkylation sites (tertiary alicyclic amines) is 1. The zero-order valence-electron chi connectivity index (χ0n) is 11.5. The maximum absolute atomic E-state index is 11.2. The standard InChI is InChI=1S/C15H19N3O2/c1-11(20)17-15-9-18(8-14(15)10-19)7-13-4-2-3-12(5-13)6-16/h2-5,14-15,19H,7-10H2,1H3,(H,17,20)/t14-,15+/m0/s1. The smallest absolute Gasteiger partial charge is 0.217 e. The van der Waals surface area contributed by atoms with Crippen molar-refractivity contribution in [2.24, 2.45) is 5.92 Å². The third-order valence-electron chi connectivity index (χ3n) is 3.60. The Labute approximate surface area is 118 Å². The average molecular weight is 273 g/mol. The van der Waals surface area contributed by atoms with E-state index < -0.39 is 0 Å². The molecule has 1 aliphatic heterocycles. The van der Waals surface area contributed by atoms with Crippen molar-refractivity contribution in [3.8, 4) is 6.07 Å². The molecule has 2 atom stereocenters. The Bertz CT molecular complexity index is 524. The highest BCUT2D eigenvalue weighted by molar-refractivity contribution is 5.73. The van der Waals surface area contributed by atoms with Crippen LogP contribution in [0.1, 0.15) is 18.1 Å². The summed E-state index contributed by atoms with van der Waals surface area (Å²) in [7, 11) is 0. The molecular weight excluding hydrogens is 254 g/mol. The van der Waals surface area contributed by atoms with E-state index in [0.717, 1.165) is 25.2 Å². The van der Waals surface area contributed by atoms with Crippen molar-refractivity contribution in [2.75, 3.05) is 19.7 Å². The van der Waals surface area contributed by atoms with Crippen molar-refractivity contribution in [2.45, 2.75) is 19.5 Å². The van der Waals surface area contributed by atoms with Gasteiger partial charge in [-0.25, -0.2) is 0 Å². The lowest BCUT2D eigenvalue weighted by atomic mass is 10.1. The van der Waals surface area contributed by atoms with Gasteiger partial charge in [0.2, 0.25) is 5.91 Å². The fourth-order valence-corrected chi connectivity index (χ4v) is 2.70. The number of hydrogen-bond donors (Lipinski definition) is 2. The molecule has 1 fully saturated rings. The monoisotopic (exact) mass is 273 g/mol. The summed E-state index contributed by atoms with van der Waals surface area (Å²) in [5.41, 5.74) is 1.73. The fourth-order valence-electron chi connectivity index (χ4n) is 2.70. The number of nitrogens with zero attached hydrogens (tertiary/aromatic N) is 2. The predicted octanol–water partition coefficient (Wildman–Crippen LogP) is 0.487. The molecular formula is C15H19N3O2. The third-order valence-corrected chi connectivity index (χ3v) is 3.60. The van der Waals surface area contributed by atoms with E-state index in [0.29, 0.717) is 5.56 Å². The molecule has 2 rings (SSSR count). The fraction of sp³-hybridized carbons (Fsp3) is 0.467. The number of nitrogens with one attached hydrogen (secondary N) is 1. The molecule has 1 aromatic rings. The minimum Gasteiger partial charge on any atom is -0.396 e. The number of hydrogen-bond acceptors (Lipinski definition) is 4. The number of carbonyl (C=O) groups is 1. The van der Waals surface area contributed by atoms with Gasteiger partial charge in [0.05, 0.1) is 11.6 Å². The van der Waals surface area contributed by atoms with Crippen LogP contribution in [-0.4, -0.2) is 41.7 Å². The summed E-state index contributed by atoms with van der Waals surface area (Å²) >= 11 is 0. The normalized spacial score (nSPS) is 22.4. The number of rotatable bonds is 4. The van der Waals surface area contributed by atoms with Crippen molar-refractivity contribution >= 4 is 5.91 Å². The highest BCUT2D eigenvalue weighted by atomic mass is 16.3. The van der Waals surface area contributed by atoms with Gasteiger partial charge in [-0.15, -0.1) is 0 Å². The van der Waals surface area contributed by atoms with E-state index in [1.807, 2.05) is 18.2 Å². The van der Waals surface area contributed by atoms with Gasteiger partial charge in [0.15, 0.2) is 0 Å². The number of carbonyl (C=O) groups excluding carboxylic acids is 1. The second-order valence-corrected chi connectivity index (χ2v) is 5.26. The molecule has 2 N–H and O–H groups in total. The van der Waals surface area contributed by atoms with Crippen LogP contribution in [0.5, 0.6) is 0 Å². The topological polar surface area (TPSA) is 76.4 Å². The number of amides is 1. The van der Waals surface area contributed by atoms with E-state index in [1.165, 1.54) is 6.92 Å². The summed E-state index contributed by atoms with van der Waals surface area (Å²) in [5, 5.41) is 21.2. The molecule has 0 spiro atoms. The van der Waals surface area contributed by atoms with Crippen LogP contribution < -0.4 is 5.32 Å². The van der Waals surface area contributed by atoms with Gasteiger partial charge < -0.3 is 10.4 Å². The summed E-state index contributed by atoms with van der Waals surface area (Å²) < 4.78 is 0. The molecule has 1 aliphatic rings. The molecule has 1 saturated heterocycles. The molecule has 0 aromatic heterocycles. The van der Waals surface area contributed by atoms with E-state index in [4.69, 9.17) is 5.26 Å². The van der Waals surface area contributed by atoms with Crippen molar-refractivity contribution in [1.29, 1.82) is 5.26 Å². The summed E-state index contributed by atoms with van der Waals surface area (Å²) in [4.78, 5) is 13.4. The van der Waals surface area contributed by atoms with Crippen LogP contribution in [0.15, 0.2) is 24.3 Å². The Hall–Kier alpha value is -1.90. The van der Waals surface area contributed by atoms with Crippen LogP contribution in [0.2, 0.25) is 0 Å². The highest BCUT2D eigenvalue weighted by Crippen LogP contribution is 2.19. The van der Waals surface area contributed by atoms with Gasteiger partial charge >= 0.3 is 0 Å². The molecule has 0 bridgehead atoms. The van der Waals surface area contributed by atoms with Crippen LogP contribution in [0.25, 0.3) is 0 Å². The molecule has 0 saturated carbocycles. The van der Waals surface area contributed by atoms with Crippen LogP contribution in [0.3, 0.4) is 0 Å². The van der Waals surface area contributed by atoms with Gasteiger partial charge in [0.25, 0.3) is 0 Å². The number of nitriles is 1. The molecule has 0 radical (unpaired) electrons. The van der Waals surface area contributed by atoms with Crippen molar-refractivity contribution in [3.05, 3.63) is 35.4 Å². The molecule has 5 nitrogen and oxygen atoms in total. The maximum Gasteiger partial charge on any atom is 0.217 e. The average Bonchev–Trinajstić information content (AvgIpc) is 2.80. The van der Waals surface area contributed by atoms with E-state index in [1.54, 1.807) is 6.07 Å². The zero-order valence-corrected chi connectivity index (χ0v) is 11.5. The van der Waals surface area contributed by atoms with Crippen molar-refractivity contribution in [3.63, 3.8) is 0 Å². The molecule has 20 heavy (non-hydrogen) atoms. The summed E-state index contributed by atoms with van der Waals surface area (Å²) in [6, 6.07) is 9.65. The van der Waals surface area contributed by atoms with Crippen LogP contribution >= 0.6 is 0 Å². The quantitative estimate of drug-likeness (QED) is 0.837. The second kappa shape index (κ2) is 6.51. The van der Waals surface area contributed by atoms with Crippen LogP contribution in [0.4, 0.5) is 0 Å². The lowest BCUT2D eigenvalue weighted by Gasteiger charge is -2.17. The van der Waals surface area contributed by atoms with E-state index in [2.05, 4.69) is 16.3 Å². The van der Waals surface area contributed by atoms with E-state index in [9.17, 15) is 9.90 Å². The van der Waals surface area contributed by atoms with Gasteiger partial charge in [0.1, 0.15) is 0 Å². The molecule has 5 heteroatoms. The molecule has 1 aromatic carbocycles. The zero-order chi connectivity index (χ0) is 14.5. The number of aliphatic hydroxyl groups is 1. The first-order valence-corrected chi connectivity index (χ1v) is 6.71. The van der Waals surface area contributed by atoms with Crippen LogP contribution in [0, 0.1) is 17.2 Å². The SMILES string of the molecule is CC(=O)N[C@@H]1CN(Cc2cccc(C#N)c2)C[C@H]1CO. The third kappa shape index (κ3) is 3.56. The summed E-state index contributed by atoms with van der Waals surface area (Å²) in [6.45, 7) is 3.76. The van der Waals surface area contributed by atoms with Gasteiger partial charge in [-0.05, 0) is 17.7 Å². The van der Waals surface area contributed by atoms with E-state index >= 15 is 0 Å². The van der Waals surface area contributed by atoms with Gasteiger partial charge in [-0.2, -0.15) is 5.26 Å². The first-order valence-electron chi connectivity index (χ1n) is 6.71. The minimum absolute atomic E-state index is 0.00310. The van der Waals surface area contributed by atoms with Gasteiger partial charge in [-0.1, -0.05) is 12.1 Å². The Kier molecular flexibility index (Phi) is 4.72. The minimum atomic E-state index is -0.0678. The highest BCUT2D eigenvalue weighted by Gasteiger charge is 2.32. The van der Waals surface area contributed by atoms with Crippen molar-refractivity contribution in [1.82, 2.24) is 10.2 Å². The molecule has 1 amide bonds. The molecule has 0 aliphatic carbocycles. The molecule has 0 unspecified atom stereocenters. The number of benzene rings is 1. The lowest BCUT2D eigenvalue weighted by molar-refractivity contribution is -0.119. The lowest BCUT2D eigenvalue weighted by Crippen LogP contribution is -2.40. The van der Waals surface area contributed by atoms with Crippen molar-refractivity contribution < 1.29 is 9.90 Å². The maximum atomic E-state index is 11.2. The van der Waals surface area contributed by atoms with Gasteiger partial charge in [0, 0.05) is 45.1 Å². The largest absolute Gasteiger partial charge is 0.396 e. The summed E-state index contributed by atoms with van der Waals surface area (Å²) in [5.74, 6) is -0.000160. The molecule has 1 heterocycles. The Morgan fingerprint density at radius 1 is 1.55 bits per heavy atom. The molecule has 106 valence electrons. The Morgan fingerprint density at radius 2 is 2.35 bits per heavy atom. The summed E-state index contributed by atoms with van der Waals surface area (Å²) in [6.07, 6.45) is 0.